The van der Waals surface area contributed by atoms with E-state index in [1.54, 1.807) is 6.92 Å². The van der Waals surface area contributed by atoms with Crippen molar-refractivity contribution in [3.8, 4) is 0 Å². The van der Waals surface area contributed by atoms with Crippen molar-refractivity contribution in [3.05, 3.63) is 35.9 Å². The Balaban J connectivity index is 2.51. The van der Waals surface area contributed by atoms with Crippen molar-refractivity contribution in [2.24, 2.45) is 4.99 Å². The summed E-state index contributed by atoms with van der Waals surface area (Å²) in [5.41, 5.74) is 0.967. The SMILES string of the molecule is CCOC(=O)C1(c2ccccc2)SCN=C1C=O. The minimum Gasteiger partial charge on any atom is -0.464 e. The second-order valence-corrected chi connectivity index (χ2v) is 4.86. The van der Waals surface area contributed by atoms with Crippen LogP contribution in [0, 0.1) is 0 Å². The molecule has 18 heavy (non-hydrogen) atoms. The van der Waals surface area contributed by atoms with Gasteiger partial charge in [-0.25, -0.2) is 4.79 Å². The summed E-state index contributed by atoms with van der Waals surface area (Å²) >= 11 is 1.31. The summed E-state index contributed by atoms with van der Waals surface area (Å²) < 4.78 is 4.02. The minimum absolute atomic E-state index is 0.233. The van der Waals surface area contributed by atoms with Crippen LogP contribution in [0.3, 0.4) is 0 Å². The van der Waals surface area contributed by atoms with Crippen molar-refractivity contribution in [3.63, 3.8) is 0 Å². The number of carbonyl (C=O) groups excluding carboxylic acids is 2. The summed E-state index contributed by atoms with van der Waals surface area (Å²) in [6.45, 7) is 2.02. The van der Waals surface area contributed by atoms with Gasteiger partial charge in [-0.05, 0) is 12.5 Å². The van der Waals surface area contributed by atoms with E-state index < -0.39 is 10.7 Å². The van der Waals surface area contributed by atoms with Crippen molar-refractivity contribution < 1.29 is 14.3 Å². The summed E-state index contributed by atoms with van der Waals surface area (Å²) in [4.78, 5) is 27.5. The smallest absolute Gasteiger partial charge is 0.333 e. The summed E-state index contributed by atoms with van der Waals surface area (Å²) in [5, 5.41) is 0. The third kappa shape index (κ3) is 1.95. The molecule has 5 heteroatoms. The van der Waals surface area contributed by atoms with Crippen LogP contribution in [0.1, 0.15) is 12.5 Å². The van der Waals surface area contributed by atoms with E-state index >= 15 is 0 Å². The standard InChI is InChI=1S/C13H13NO3S/c1-2-17-12(16)13(10-6-4-3-5-7-10)11(8-15)14-9-18-13/h3-8H,2,9H2,1H3. The van der Waals surface area contributed by atoms with Gasteiger partial charge < -0.3 is 4.74 Å². The van der Waals surface area contributed by atoms with Crippen LogP contribution in [0.5, 0.6) is 0 Å². The third-order valence-electron chi connectivity index (χ3n) is 2.73. The molecule has 0 bridgehead atoms. The molecule has 2 rings (SSSR count). The quantitative estimate of drug-likeness (QED) is 0.614. The number of ether oxygens (including phenoxy) is 1. The number of carbonyl (C=O) groups is 2. The summed E-state index contributed by atoms with van der Waals surface area (Å²) in [6.07, 6.45) is 0.643. The zero-order valence-corrected chi connectivity index (χ0v) is 10.8. The Morgan fingerprint density at radius 3 is 2.83 bits per heavy atom. The summed E-state index contributed by atoms with van der Waals surface area (Å²) in [5.74, 6) is -0.0357. The molecule has 94 valence electrons. The summed E-state index contributed by atoms with van der Waals surface area (Å²) in [7, 11) is 0. The van der Waals surface area contributed by atoms with E-state index in [1.807, 2.05) is 30.3 Å². The molecule has 4 nitrogen and oxygen atoms in total. The maximum absolute atomic E-state index is 12.3. The van der Waals surface area contributed by atoms with Crippen LogP contribution in [0.15, 0.2) is 35.3 Å². The average Bonchev–Trinajstić information content (AvgIpc) is 2.85. The van der Waals surface area contributed by atoms with Gasteiger partial charge in [-0.1, -0.05) is 30.3 Å². The molecule has 0 N–H and O–H groups in total. The van der Waals surface area contributed by atoms with Crippen molar-refractivity contribution in [2.45, 2.75) is 11.7 Å². The van der Waals surface area contributed by atoms with Crippen LogP contribution in [0.4, 0.5) is 0 Å². The molecule has 1 heterocycles. The second-order valence-electron chi connectivity index (χ2n) is 3.70. The minimum atomic E-state index is -1.10. The largest absolute Gasteiger partial charge is 0.464 e. The zero-order valence-electron chi connectivity index (χ0n) is 9.96. The molecule has 0 fully saturated rings. The fourth-order valence-electron chi connectivity index (χ4n) is 1.92. The van der Waals surface area contributed by atoms with Crippen LogP contribution in [0.2, 0.25) is 0 Å². The molecule has 1 atom stereocenters. The number of nitrogens with zero attached hydrogens (tertiary/aromatic N) is 1. The molecule has 1 aromatic carbocycles. The molecule has 0 saturated heterocycles. The Bertz CT molecular complexity index is 486. The first-order chi connectivity index (χ1) is 8.75. The van der Waals surface area contributed by atoms with E-state index in [1.165, 1.54) is 11.8 Å². The molecule has 0 amide bonds. The van der Waals surface area contributed by atoms with Crippen LogP contribution >= 0.6 is 11.8 Å². The highest BCUT2D eigenvalue weighted by Gasteiger charge is 2.50. The van der Waals surface area contributed by atoms with Gasteiger partial charge in [-0.3, -0.25) is 9.79 Å². The number of thioether (sulfide) groups is 1. The predicted molar refractivity (Wildman–Crippen MR) is 70.7 cm³/mol. The first kappa shape index (κ1) is 12.8. The predicted octanol–water partition coefficient (Wildman–Crippen LogP) is 1.79. The molecule has 0 radical (unpaired) electrons. The first-order valence-corrected chi connectivity index (χ1v) is 6.61. The lowest BCUT2D eigenvalue weighted by Gasteiger charge is -2.25. The van der Waals surface area contributed by atoms with Gasteiger partial charge in [-0.15, -0.1) is 11.8 Å². The van der Waals surface area contributed by atoms with Gasteiger partial charge in [0.25, 0.3) is 0 Å². The van der Waals surface area contributed by atoms with Gasteiger partial charge in [0.2, 0.25) is 0 Å². The summed E-state index contributed by atoms with van der Waals surface area (Å²) in [6, 6.07) is 9.15. The van der Waals surface area contributed by atoms with Gasteiger partial charge in [0, 0.05) is 0 Å². The average molecular weight is 263 g/mol. The van der Waals surface area contributed by atoms with Crippen molar-refractivity contribution in [2.75, 3.05) is 12.5 Å². The number of aldehydes is 1. The normalized spacial score (nSPS) is 22.4. The number of hydrogen-bond donors (Lipinski definition) is 0. The highest BCUT2D eigenvalue weighted by molar-refractivity contribution is 8.02. The van der Waals surface area contributed by atoms with Crippen molar-refractivity contribution in [1.82, 2.24) is 0 Å². The van der Waals surface area contributed by atoms with Gasteiger partial charge in [0.1, 0.15) is 5.71 Å². The number of benzene rings is 1. The third-order valence-corrected chi connectivity index (χ3v) is 4.03. The molecular formula is C13H13NO3S. The highest BCUT2D eigenvalue weighted by Crippen LogP contribution is 2.43. The topological polar surface area (TPSA) is 55.7 Å². The second kappa shape index (κ2) is 5.35. The Labute approximate surface area is 109 Å². The lowest BCUT2D eigenvalue weighted by molar-refractivity contribution is -0.144. The first-order valence-electron chi connectivity index (χ1n) is 5.62. The zero-order chi connectivity index (χ0) is 13.0. The fraction of sp³-hybridized carbons (Fsp3) is 0.308. The molecule has 1 aromatic rings. The Kier molecular flexibility index (Phi) is 3.81. The van der Waals surface area contributed by atoms with Crippen molar-refractivity contribution >= 4 is 29.7 Å². The maximum Gasteiger partial charge on any atom is 0.333 e. The monoisotopic (exact) mass is 263 g/mol. The molecule has 0 spiro atoms. The van der Waals surface area contributed by atoms with Gasteiger partial charge in [-0.2, -0.15) is 0 Å². The Morgan fingerprint density at radius 2 is 2.22 bits per heavy atom. The van der Waals surface area contributed by atoms with Crippen molar-refractivity contribution in [1.29, 1.82) is 0 Å². The molecule has 1 unspecified atom stereocenters. The lowest BCUT2D eigenvalue weighted by atomic mass is 9.93. The fourth-order valence-corrected chi connectivity index (χ4v) is 3.06. The van der Waals surface area contributed by atoms with Crippen LogP contribution < -0.4 is 0 Å². The molecule has 0 saturated carbocycles. The Morgan fingerprint density at radius 1 is 1.50 bits per heavy atom. The number of esters is 1. The maximum atomic E-state index is 12.3. The molecule has 1 aliphatic heterocycles. The van der Waals surface area contributed by atoms with E-state index in [0.29, 0.717) is 12.2 Å². The number of rotatable bonds is 4. The number of aliphatic imine (C=N–C) groups is 1. The number of hydrogen-bond acceptors (Lipinski definition) is 5. The van der Waals surface area contributed by atoms with E-state index in [9.17, 15) is 9.59 Å². The van der Waals surface area contributed by atoms with Crippen LogP contribution in [-0.2, 0) is 19.1 Å². The van der Waals surface area contributed by atoms with Crippen LogP contribution in [0.25, 0.3) is 0 Å². The Hall–Kier alpha value is -1.62. The van der Waals surface area contributed by atoms with E-state index in [2.05, 4.69) is 4.99 Å². The molecule has 0 aliphatic carbocycles. The highest BCUT2D eigenvalue weighted by atomic mass is 32.2. The molecule has 1 aliphatic rings. The van der Waals surface area contributed by atoms with Gasteiger partial charge in [0.05, 0.1) is 12.5 Å². The molecule has 0 aromatic heterocycles. The van der Waals surface area contributed by atoms with E-state index in [4.69, 9.17) is 4.74 Å². The van der Waals surface area contributed by atoms with E-state index in [-0.39, 0.29) is 12.3 Å². The molecular weight excluding hydrogens is 250 g/mol. The van der Waals surface area contributed by atoms with E-state index in [0.717, 1.165) is 5.56 Å². The lowest BCUT2D eigenvalue weighted by Crippen LogP contribution is -2.40. The van der Waals surface area contributed by atoms with Crippen LogP contribution in [-0.4, -0.2) is 30.5 Å². The van der Waals surface area contributed by atoms with Gasteiger partial charge >= 0.3 is 5.97 Å². The van der Waals surface area contributed by atoms with Gasteiger partial charge in [0.15, 0.2) is 11.0 Å².